The molecular weight excluding hydrogens is 452 g/mol. The summed E-state index contributed by atoms with van der Waals surface area (Å²) in [6, 6.07) is 22.0. The third kappa shape index (κ3) is 5.21. The van der Waals surface area contributed by atoms with Crippen LogP contribution in [0.5, 0.6) is 0 Å². The molecule has 0 atom stereocenters. The van der Waals surface area contributed by atoms with Crippen LogP contribution in [-0.4, -0.2) is 36.9 Å². The van der Waals surface area contributed by atoms with Crippen molar-refractivity contribution in [1.29, 1.82) is 0 Å². The maximum Gasteiger partial charge on any atom is 0.174 e. The summed E-state index contributed by atoms with van der Waals surface area (Å²) in [5.74, 6) is 0.391. The van der Waals surface area contributed by atoms with Crippen LogP contribution in [0.1, 0.15) is 93.1 Å². The van der Waals surface area contributed by atoms with E-state index < -0.39 is 0 Å². The summed E-state index contributed by atoms with van der Waals surface area (Å²) in [7, 11) is 0. The largest absolute Gasteiger partial charge is 0.370 e. The van der Waals surface area contributed by atoms with Gasteiger partial charge in [-0.05, 0) is 41.8 Å². The molecule has 1 heterocycles. The molecule has 3 heteroatoms. The molecule has 0 bridgehead atoms. The van der Waals surface area contributed by atoms with Crippen molar-refractivity contribution >= 4 is 22.2 Å². The van der Waals surface area contributed by atoms with E-state index in [4.69, 9.17) is 0 Å². The van der Waals surface area contributed by atoms with E-state index in [9.17, 15) is 4.79 Å². The van der Waals surface area contributed by atoms with Gasteiger partial charge in [0.15, 0.2) is 5.78 Å². The lowest BCUT2D eigenvalue weighted by molar-refractivity contribution is 0.0870. The Morgan fingerprint density at radius 3 is 2.24 bits per heavy atom. The lowest BCUT2D eigenvalue weighted by atomic mass is 9.72. The molecule has 3 nitrogen and oxygen atoms in total. The summed E-state index contributed by atoms with van der Waals surface area (Å²) in [6.07, 6.45) is 10.2. The van der Waals surface area contributed by atoms with Crippen molar-refractivity contribution in [1.82, 2.24) is 4.90 Å². The lowest BCUT2D eigenvalue weighted by Gasteiger charge is -2.30. The molecule has 0 saturated carbocycles. The predicted molar refractivity (Wildman–Crippen MR) is 157 cm³/mol. The first-order valence-electron chi connectivity index (χ1n) is 14.8. The highest BCUT2D eigenvalue weighted by Crippen LogP contribution is 2.50. The van der Waals surface area contributed by atoms with Gasteiger partial charge in [0.05, 0.1) is 5.41 Å². The number of anilines is 1. The number of ketones is 1. The van der Waals surface area contributed by atoms with Crippen LogP contribution in [0, 0.1) is 0 Å². The van der Waals surface area contributed by atoms with E-state index >= 15 is 0 Å². The SMILES string of the molecule is CCCCCC1(CCCCC)C(=O)c2cccc3c(N4CCCN(Cc5ccccc5)CC4)ccc1c23. The first-order chi connectivity index (χ1) is 18.2. The van der Waals surface area contributed by atoms with Gasteiger partial charge in [-0.1, -0.05) is 107 Å². The van der Waals surface area contributed by atoms with Crippen molar-refractivity contribution in [2.75, 3.05) is 31.1 Å². The van der Waals surface area contributed by atoms with Crippen LogP contribution in [0.15, 0.2) is 60.7 Å². The quantitative estimate of drug-likeness (QED) is 0.250. The lowest BCUT2D eigenvalue weighted by Crippen LogP contribution is -2.32. The molecule has 0 aromatic heterocycles. The van der Waals surface area contributed by atoms with Gasteiger partial charge in [0, 0.05) is 49.4 Å². The Balaban J connectivity index is 1.44. The molecule has 1 aliphatic carbocycles. The second-order valence-electron chi connectivity index (χ2n) is 11.3. The number of Topliss-reactive ketones (excluding diaryl/α,β-unsaturated/α-hetero) is 1. The van der Waals surface area contributed by atoms with Gasteiger partial charge < -0.3 is 4.90 Å². The van der Waals surface area contributed by atoms with E-state index in [1.807, 2.05) is 0 Å². The topological polar surface area (TPSA) is 23.6 Å². The average molecular weight is 497 g/mol. The second kappa shape index (κ2) is 11.8. The highest BCUT2D eigenvalue weighted by molar-refractivity contribution is 6.22. The number of nitrogens with zero attached hydrogens (tertiary/aromatic N) is 2. The highest BCUT2D eigenvalue weighted by Gasteiger charge is 2.46. The number of benzene rings is 3. The molecule has 0 radical (unpaired) electrons. The third-order valence-electron chi connectivity index (χ3n) is 8.80. The Hall–Kier alpha value is -2.65. The average Bonchev–Trinajstić information content (AvgIpc) is 3.05. The first kappa shape index (κ1) is 26.0. The van der Waals surface area contributed by atoms with Crippen LogP contribution >= 0.6 is 0 Å². The van der Waals surface area contributed by atoms with Gasteiger partial charge in [0.2, 0.25) is 0 Å². The fraction of sp³-hybridized carbons (Fsp3) is 0.500. The number of hydrogen-bond acceptors (Lipinski definition) is 3. The van der Waals surface area contributed by atoms with Crippen molar-refractivity contribution in [2.45, 2.75) is 83.6 Å². The summed E-state index contributed by atoms with van der Waals surface area (Å²) in [6.45, 7) is 9.81. The number of rotatable bonds is 11. The fourth-order valence-electron chi connectivity index (χ4n) is 6.82. The zero-order chi connectivity index (χ0) is 25.7. The van der Waals surface area contributed by atoms with Crippen LogP contribution in [0.4, 0.5) is 5.69 Å². The van der Waals surface area contributed by atoms with Crippen LogP contribution in [0.25, 0.3) is 10.8 Å². The molecule has 1 fully saturated rings. The first-order valence-corrected chi connectivity index (χ1v) is 14.8. The van der Waals surface area contributed by atoms with Crippen LogP contribution in [0.3, 0.4) is 0 Å². The number of unbranched alkanes of at least 4 members (excludes halogenated alkanes) is 4. The molecule has 0 unspecified atom stereocenters. The molecule has 5 rings (SSSR count). The van der Waals surface area contributed by atoms with Gasteiger partial charge in [-0.3, -0.25) is 9.69 Å². The van der Waals surface area contributed by atoms with Crippen molar-refractivity contribution in [3.8, 4) is 0 Å². The van der Waals surface area contributed by atoms with E-state index in [0.717, 1.165) is 70.4 Å². The van der Waals surface area contributed by atoms with Gasteiger partial charge in [-0.25, -0.2) is 0 Å². The Kier molecular flexibility index (Phi) is 8.30. The molecule has 0 amide bonds. The normalized spacial score (nSPS) is 17.5. The van der Waals surface area contributed by atoms with E-state index in [-0.39, 0.29) is 5.41 Å². The van der Waals surface area contributed by atoms with Gasteiger partial charge in [-0.15, -0.1) is 0 Å². The molecule has 3 aromatic carbocycles. The maximum atomic E-state index is 14.1. The fourth-order valence-corrected chi connectivity index (χ4v) is 6.82. The minimum Gasteiger partial charge on any atom is -0.370 e. The summed E-state index contributed by atoms with van der Waals surface area (Å²) in [5.41, 5.74) is 4.67. The van der Waals surface area contributed by atoms with Crippen molar-refractivity contribution in [3.63, 3.8) is 0 Å². The standard InChI is InChI=1S/C34H44N2O/c1-3-5-10-20-34(21-11-6-4-2)30-18-19-31(28-16-12-17-29(32(28)30)33(34)37)36-23-13-22-35(24-25-36)26-27-14-8-7-9-15-27/h7-9,12,14-19H,3-6,10-11,13,20-26H2,1-2H3. The maximum absolute atomic E-state index is 14.1. The summed E-state index contributed by atoms with van der Waals surface area (Å²) < 4.78 is 0. The molecule has 1 aliphatic heterocycles. The summed E-state index contributed by atoms with van der Waals surface area (Å²) in [4.78, 5) is 19.3. The summed E-state index contributed by atoms with van der Waals surface area (Å²) >= 11 is 0. The second-order valence-corrected chi connectivity index (χ2v) is 11.3. The van der Waals surface area contributed by atoms with Crippen LogP contribution in [-0.2, 0) is 12.0 Å². The molecule has 1 saturated heterocycles. The minimum absolute atomic E-state index is 0.323. The third-order valence-corrected chi connectivity index (χ3v) is 8.80. The molecule has 2 aliphatic rings. The van der Waals surface area contributed by atoms with E-state index in [1.54, 1.807) is 0 Å². The van der Waals surface area contributed by atoms with E-state index in [2.05, 4.69) is 84.3 Å². The molecule has 0 spiro atoms. The Morgan fingerprint density at radius 1 is 0.757 bits per heavy atom. The highest BCUT2D eigenvalue weighted by atomic mass is 16.1. The minimum atomic E-state index is -0.323. The molecule has 196 valence electrons. The van der Waals surface area contributed by atoms with E-state index in [0.29, 0.717) is 5.78 Å². The molecule has 0 N–H and O–H groups in total. The number of hydrogen-bond donors (Lipinski definition) is 0. The number of carbonyl (C=O) groups is 1. The number of carbonyl (C=O) groups excluding carboxylic acids is 1. The van der Waals surface area contributed by atoms with E-state index in [1.165, 1.54) is 53.3 Å². The summed E-state index contributed by atoms with van der Waals surface area (Å²) in [5, 5.41) is 2.54. The molecule has 3 aromatic rings. The monoisotopic (exact) mass is 496 g/mol. The van der Waals surface area contributed by atoms with Crippen molar-refractivity contribution < 1.29 is 4.79 Å². The van der Waals surface area contributed by atoms with Crippen molar-refractivity contribution in [2.24, 2.45) is 0 Å². The van der Waals surface area contributed by atoms with Gasteiger partial charge in [0.25, 0.3) is 0 Å². The smallest absolute Gasteiger partial charge is 0.174 e. The van der Waals surface area contributed by atoms with Gasteiger partial charge >= 0.3 is 0 Å². The zero-order valence-corrected chi connectivity index (χ0v) is 23.0. The Bertz CT molecular complexity index is 1190. The molecule has 37 heavy (non-hydrogen) atoms. The van der Waals surface area contributed by atoms with Crippen LogP contribution in [0.2, 0.25) is 0 Å². The van der Waals surface area contributed by atoms with Crippen molar-refractivity contribution in [3.05, 3.63) is 77.4 Å². The Morgan fingerprint density at radius 2 is 1.51 bits per heavy atom. The zero-order valence-electron chi connectivity index (χ0n) is 23.0. The Labute approximate surface area is 223 Å². The van der Waals surface area contributed by atoms with Gasteiger partial charge in [0.1, 0.15) is 0 Å². The molecular formula is C34H44N2O. The van der Waals surface area contributed by atoms with Gasteiger partial charge in [-0.2, -0.15) is 0 Å². The van der Waals surface area contributed by atoms with Crippen LogP contribution < -0.4 is 4.90 Å². The predicted octanol–water partition coefficient (Wildman–Crippen LogP) is 8.15.